The maximum absolute atomic E-state index is 13.4. The van der Waals surface area contributed by atoms with Crippen LogP contribution in [-0.2, 0) is 4.79 Å². The Hall–Kier alpha value is -3.69. The number of rotatable bonds is 5. The summed E-state index contributed by atoms with van der Waals surface area (Å²) in [5, 5.41) is 25.2. The highest BCUT2D eigenvalue weighted by Gasteiger charge is 2.21. The van der Waals surface area contributed by atoms with Crippen LogP contribution in [0, 0.1) is 15.9 Å². The lowest BCUT2D eigenvalue weighted by Gasteiger charge is -2.10. The fourth-order valence-electron chi connectivity index (χ4n) is 2.17. The normalized spacial score (nSPS) is 11.8. The molecule has 1 atom stereocenters. The summed E-state index contributed by atoms with van der Waals surface area (Å²) in [6.07, 6.45) is 0. The number of nitro benzene ring substituents is 1. The van der Waals surface area contributed by atoms with Crippen LogP contribution in [0.5, 0.6) is 0 Å². The molecule has 132 valence electrons. The fraction of sp³-hybridized carbons (Fsp3) is 0.125. The molecule has 1 unspecified atom stereocenters. The molecule has 1 heterocycles. The summed E-state index contributed by atoms with van der Waals surface area (Å²) in [4.78, 5) is 23.4. The van der Waals surface area contributed by atoms with E-state index in [9.17, 15) is 19.3 Å². The van der Waals surface area contributed by atoms with Crippen molar-refractivity contribution < 1.29 is 14.1 Å². The Bertz CT molecular complexity index is 960. The topological polar surface area (TPSA) is 116 Å². The van der Waals surface area contributed by atoms with Crippen molar-refractivity contribution in [3.63, 3.8) is 0 Å². The monoisotopic (exact) mass is 356 g/mol. The van der Waals surface area contributed by atoms with E-state index in [1.807, 2.05) is 30.3 Å². The van der Waals surface area contributed by atoms with Crippen molar-refractivity contribution in [2.24, 2.45) is 0 Å². The number of carbonyl (C=O) groups is 1. The van der Waals surface area contributed by atoms with Crippen molar-refractivity contribution in [1.29, 1.82) is 0 Å². The van der Waals surface area contributed by atoms with Crippen LogP contribution in [0.2, 0.25) is 0 Å². The van der Waals surface area contributed by atoms with Crippen LogP contribution in [0.15, 0.2) is 48.5 Å². The predicted octanol–water partition coefficient (Wildman–Crippen LogP) is 2.59. The number of aromatic nitrogens is 4. The minimum Gasteiger partial charge on any atom is -0.324 e. The number of hydrogen-bond donors (Lipinski definition) is 1. The number of carbonyl (C=O) groups excluding carboxylic acids is 1. The number of nitrogens with one attached hydrogen (secondary N) is 1. The third-order valence-corrected chi connectivity index (χ3v) is 3.60. The van der Waals surface area contributed by atoms with E-state index < -0.39 is 28.4 Å². The molecule has 0 saturated carbocycles. The summed E-state index contributed by atoms with van der Waals surface area (Å²) in [6, 6.07) is 11.4. The van der Waals surface area contributed by atoms with Crippen LogP contribution in [0.25, 0.3) is 11.4 Å². The minimum atomic E-state index is -0.980. The molecule has 1 N–H and O–H groups in total. The van der Waals surface area contributed by atoms with E-state index in [0.717, 1.165) is 22.5 Å². The number of tetrazole rings is 1. The molecule has 10 heteroatoms. The number of nitro groups is 1. The molecule has 0 saturated heterocycles. The van der Waals surface area contributed by atoms with Crippen molar-refractivity contribution >= 4 is 17.3 Å². The molecule has 0 fully saturated rings. The second-order valence-corrected chi connectivity index (χ2v) is 5.39. The summed E-state index contributed by atoms with van der Waals surface area (Å²) in [7, 11) is 0. The Morgan fingerprint density at radius 2 is 2.00 bits per heavy atom. The van der Waals surface area contributed by atoms with E-state index in [-0.39, 0.29) is 5.69 Å². The van der Waals surface area contributed by atoms with Gasteiger partial charge in [0.2, 0.25) is 11.6 Å². The van der Waals surface area contributed by atoms with Crippen LogP contribution in [0.4, 0.5) is 15.8 Å². The van der Waals surface area contributed by atoms with E-state index in [0.29, 0.717) is 5.82 Å². The molecule has 0 radical (unpaired) electrons. The lowest BCUT2D eigenvalue weighted by molar-refractivity contribution is -0.387. The Morgan fingerprint density at radius 3 is 2.69 bits per heavy atom. The summed E-state index contributed by atoms with van der Waals surface area (Å²) in [6.45, 7) is 1.55. The zero-order valence-corrected chi connectivity index (χ0v) is 13.5. The Labute approximate surface area is 146 Å². The van der Waals surface area contributed by atoms with Crippen molar-refractivity contribution in [2.45, 2.75) is 13.0 Å². The molecule has 0 aliphatic rings. The highest BCUT2D eigenvalue weighted by atomic mass is 19.1. The van der Waals surface area contributed by atoms with Gasteiger partial charge in [-0.05, 0) is 24.3 Å². The molecule has 1 amide bonds. The smallest absolute Gasteiger partial charge is 0.306 e. The molecule has 0 spiro atoms. The average Bonchev–Trinajstić information content (AvgIpc) is 3.13. The van der Waals surface area contributed by atoms with Crippen molar-refractivity contribution in [3.05, 3.63) is 64.5 Å². The van der Waals surface area contributed by atoms with Gasteiger partial charge in [-0.2, -0.15) is 9.19 Å². The molecular weight excluding hydrogens is 343 g/mol. The molecule has 2 aromatic carbocycles. The van der Waals surface area contributed by atoms with Gasteiger partial charge in [0.15, 0.2) is 0 Å². The van der Waals surface area contributed by atoms with E-state index >= 15 is 0 Å². The van der Waals surface area contributed by atoms with Gasteiger partial charge >= 0.3 is 5.69 Å². The number of nitrogens with zero attached hydrogens (tertiary/aromatic N) is 5. The molecule has 0 aliphatic heterocycles. The summed E-state index contributed by atoms with van der Waals surface area (Å²) < 4.78 is 13.4. The minimum absolute atomic E-state index is 0.0957. The van der Waals surface area contributed by atoms with Crippen LogP contribution in [0.3, 0.4) is 0 Å². The van der Waals surface area contributed by atoms with Gasteiger partial charge in [-0.15, -0.1) is 10.2 Å². The largest absolute Gasteiger partial charge is 0.324 e. The van der Waals surface area contributed by atoms with E-state index in [1.165, 1.54) is 6.07 Å². The van der Waals surface area contributed by atoms with Gasteiger partial charge in [0.1, 0.15) is 6.04 Å². The molecular formula is C16H13FN6O3. The maximum Gasteiger partial charge on any atom is 0.306 e. The first-order valence-corrected chi connectivity index (χ1v) is 7.55. The van der Waals surface area contributed by atoms with Crippen LogP contribution < -0.4 is 5.32 Å². The number of hydrogen-bond acceptors (Lipinski definition) is 6. The molecule has 0 bridgehead atoms. The second-order valence-electron chi connectivity index (χ2n) is 5.39. The summed E-state index contributed by atoms with van der Waals surface area (Å²) in [5.74, 6) is -1.14. The molecule has 3 aromatic rings. The second kappa shape index (κ2) is 7.05. The van der Waals surface area contributed by atoms with Crippen LogP contribution in [-0.4, -0.2) is 31.0 Å². The number of benzene rings is 2. The number of amides is 1. The molecule has 9 nitrogen and oxygen atoms in total. The zero-order chi connectivity index (χ0) is 18.7. The highest BCUT2D eigenvalue weighted by molar-refractivity contribution is 5.93. The SMILES string of the molecule is CC(C(=O)Nc1ccc(F)c([N+](=O)[O-])c1)n1nnc(-c2ccccc2)n1. The molecule has 26 heavy (non-hydrogen) atoms. The Kier molecular flexibility index (Phi) is 4.65. The standard InChI is InChI=1S/C16H13FN6O3/c1-10(22-20-15(19-21-22)11-5-3-2-4-6-11)16(24)18-12-7-8-13(17)14(9-12)23(25)26/h2-10H,1H3,(H,18,24). The van der Waals surface area contributed by atoms with Gasteiger partial charge in [-0.3, -0.25) is 14.9 Å². The first-order valence-electron chi connectivity index (χ1n) is 7.55. The van der Waals surface area contributed by atoms with Gasteiger partial charge in [0, 0.05) is 17.3 Å². The Balaban J connectivity index is 1.75. The lowest BCUT2D eigenvalue weighted by Crippen LogP contribution is -2.25. The summed E-state index contributed by atoms with van der Waals surface area (Å²) >= 11 is 0. The number of anilines is 1. The van der Waals surface area contributed by atoms with Crippen molar-refractivity contribution in [2.75, 3.05) is 5.32 Å². The fourth-order valence-corrected chi connectivity index (χ4v) is 2.17. The molecule has 0 aliphatic carbocycles. The average molecular weight is 356 g/mol. The van der Waals surface area contributed by atoms with Crippen molar-refractivity contribution in [1.82, 2.24) is 20.2 Å². The van der Waals surface area contributed by atoms with Gasteiger partial charge < -0.3 is 5.32 Å². The Morgan fingerprint density at radius 1 is 1.27 bits per heavy atom. The van der Waals surface area contributed by atoms with E-state index in [1.54, 1.807) is 6.92 Å². The zero-order valence-electron chi connectivity index (χ0n) is 13.5. The van der Waals surface area contributed by atoms with Gasteiger partial charge in [0.25, 0.3) is 5.91 Å². The predicted molar refractivity (Wildman–Crippen MR) is 89.6 cm³/mol. The lowest BCUT2D eigenvalue weighted by atomic mass is 10.2. The van der Waals surface area contributed by atoms with E-state index in [4.69, 9.17) is 0 Å². The molecule has 3 rings (SSSR count). The number of halogens is 1. The third-order valence-electron chi connectivity index (χ3n) is 3.60. The van der Waals surface area contributed by atoms with E-state index in [2.05, 4.69) is 20.7 Å². The van der Waals surface area contributed by atoms with Crippen LogP contribution >= 0.6 is 0 Å². The summed E-state index contributed by atoms with van der Waals surface area (Å²) in [5.41, 5.74) is 0.125. The van der Waals surface area contributed by atoms with Crippen LogP contribution in [0.1, 0.15) is 13.0 Å². The first-order chi connectivity index (χ1) is 12.5. The highest BCUT2D eigenvalue weighted by Crippen LogP contribution is 2.22. The van der Waals surface area contributed by atoms with Gasteiger partial charge in [-0.1, -0.05) is 30.3 Å². The first kappa shape index (κ1) is 17.1. The maximum atomic E-state index is 13.4. The third kappa shape index (κ3) is 3.53. The quantitative estimate of drug-likeness (QED) is 0.555. The van der Waals surface area contributed by atoms with Gasteiger partial charge in [-0.25, -0.2) is 0 Å². The van der Waals surface area contributed by atoms with Crippen molar-refractivity contribution in [3.8, 4) is 11.4 Å². The molecule has 1 aromatic heterocycles. The van der Waals surface area contributed by atoms with Gasteiger partial charge in [0.05, 0.1) is 4.92 Å².